The highest BCUT2D eigenvalue weighted by Crippen LogP contribution is 1.92. The normalized spacial score (nSPS) is 10.7. The molecule has 0 radical (unpaired) electrons. The maximum atomic E-state index is 11.3. The number of carboxylic acid groups (broad SMARTS) is 1. The summed E-state index contributed by atoms with van der Waals surface area (Å²) in [7, 11) is 0. The average Bonchev–Trinajstić information content (AvgIpc) is 2.10. The Bertz CT molecular complexity index is 217. The lowest BCUT2D eigenvalue weighted by Gasteiger charge is -2.17. The fourth-order valence-electron chi connectivity index (χ4n) is 1.19. The predicted molar refractivity (Wildman–Crippen MR) is 57.6 cm³/mol. The predicted octanol–water partition coefficient (Wildman–Crippen LogP) is 0.308. The lowest BCUT2D eigenvalue weighted by molar-refractivity contribution is -0.138. The molecule has 0 aromatic heterocycles. The third-order valence-corrected chi connectivity index (χ3v) is 1.91. The first-order valence-corrected chi connectivity index (χ1v) is 5.19. The molecule has 0 aliphatic carbocycles. The van der Waals surface area contributed by atoms with E-state index < -0.39 is 5.97 Å². The Morgan fingerprint density at radius 1 is 1.40 bits per heavy atom. The second-order valence-electron chi connectivity index (χ2n) is 3.73. The van der Waals surface area contributed by atoms with Crippen LogP contribution in [0.5, 0.6) is 0 Å². The number of nitrogens with zero attached hydrogens (tertiary/aromatic N) is 1. The molecule has 0 fully saturated rings. The van der Waals surface area contributed by atoms with Crippen molar-refractivity contribution in [3.63, 3.8) is 0 Å². The van der Waals surface area contributed by atoms with Crippen molar-refractivity contribution in [2.45, 2.75) is 33.2 Å². The molecule has 5 nitrogen and oxygen atoms in total. The van der Waals surface area contributed by atoms with Crippen LogP contribution in [0.2, 0.25) is 0 Å². The summed E-state index contributed by atoms with van der Waals surface area (Å²) in [5.74, 6) is -0.894. The molecule has 0 unspecified atom stereocenters. The smallest absolute Gasteiger partial charge is 0.317 e. The van der Waals surface area contributed by atoms with E-state index in [0.717, 1.165) is 0 Å². The molecule has 0 saturated carbocycles. The topological polar surface area (TPSA) is 69.6 Å². The zero-order chi connectivity index (χ0) is 11.8. The van der Waals surface area contributed by atoms with E-state index in [-0.39, 0.29) is 18.5 Å². The van der Waals surface area contributed by atoms with Gasteiger partial charge >= 0.3 is 5.97 Å². The van der Waals surface area contributed by atoms with Crippen LogP contribution in [0.3, 0.4) is 0 Å². The molecular formula is C10H20N2O3. The van der Waals surface area contributed by atoms with Gasteiger partial charge in [0.15, 0.2) is 0 Å². The summed E-state index contributed by atoms with van der Waals surface area (Å²) in [4.78, 5) is 23.4. The van der Waals surface area contributed by atoms with Crippen molar-refractivity contribution < 1.29 is 14.7 Å². The molecule has 0 atom stereocenters. The Hall–Kier alpha value is -1.10. The van der Waals surface area contributed by atoms with Crippen LogP contribution in [0.15, 0.2) is 0 Å². The van der Waals surface area contributed by atoms with Crippen LogP contribution in [0.25, 0.3) is 0 Å². The monoisotopic (exact) mass is 216 g/mol. The summed E-state index contributed by atoms with van der Waals surface area (Å²) in [6.45, 7) is 6.79. The minimum atomic E-state index is -0.860. The van der Waals surface area contributed by atoms with Gasteiger partial charge in [0.2, 0.25) is 5.91 Å². The molecule has 0 spiro atoms. The highest BCUT2D eigenvalue weighted by atomic mass is 16.4. The van der Waals surface area contributed by atoms with Gasteiger partial charge in [0.25, 0.3) is 0 Å². The average molecular weight is 216 g/mol. The van der Waals surface area contributed by atoms with Crippen LogP contribution in [0.4, 0.5) is 0 Å². The highest BCUT2D eigenvalue weighted by molar-refractivity contribution is 5.76. The number of hydrogen-bond donors (Lipinski definition) is 2. The first-order chi connectivity index (χ1) is 6.95. The molecule has 0 aliphatic heterocycles. The van der Waals surface area contributed by atoms with E-state index in [1.807, 2.05) is 20.8 Å². The lowest BCUT2D eigenvalue weighted by Crippen LogP contribution is -2.36. The number of likely N-dealkylation sites (N-methyl/N-ethyl adjacent to an activating group) is 1. The zero-order valence-corrected chi connectivity index (χ0v) is 9.62. The molecule has 15 heavy (non-hydrogen) atoms. The third-order valence-electron chi connectivity index (χ3n) is 1.91. The Balaban J connectivity index is 3.79. The minimum absolute atomic E-state index is 0.00847. The molecule has 1 amide bonds. The van der Waals surface area contributed by atoms with Crippen LogP contribution in [0.1, 0.15) is 27.2 Å². The number of amides is 1. The molecule has 2 N–H and O–H groups in total. The van der Waals surface area contributed by atoms with E-state index in [1.165, 1.54) is 0 Å². The second kappa shape index (κ2) is 7.23. The molecular weight excluding hydrogens is 196 g/mol. The number of carbonyl (C=O) groups excluding carboxylic acids is 1. The Labute approximate surface area is 90.5 Å². The first-order valence-electron chi connectivity index (χ1n) is 5.19. The number of aliphatic carboxylic acids is 1. The van der Waals surface area contributed by atoms with Gasteiger partial charge in [-0.25, -0.2) is 0 Å². The van der Waals surface area contributed by atoms with Gasteiger partial charge in [-0.15, -0.1) is 0 Å². The number of hydrogen-bond acceptors (Lipinski definition) is 3. The van der Waals surface area contributed by atoms with E-state index >= 15 is 0 Å². The molecule has 0 rings (SSSR count). The van der Waals surface area contributed by atoms with Crippen molar-refractivity contribution in [2.24, 2.45) is 0 Å². The van der Waals surface area contributed by atoms with E-state index in [9.17, 15) is 9.59 Å². The van der Waals surface area contributed by atoms with Gasteiger partial charge in [0.05, 0.1) is 6.54 Å². The molecule has 0 bridgehead atoms. The van der Waals surface area contributed by atoms with Crippen LogP contribution in [0, 0.1) is 0 Å². The fraction of sp³-hybridized carbons (Fsp3) is 0.800. The second-order valence-corrected chi connectivity index (χ2v) is 3.73. The largest absolute Gasteiger partial charge is 0.480 e. The molecule has 0 aromatic rings. The Morgan fingerprint density at radius 2 is 2.00 bits per heavy atom. The fourth-order valence-corrected chi connectivity index (χ4v) is 1.19. The van der Waals surface area contributed by atoms with Crippen molar-refractivity contribution in [1.29, 1.82) is 0 Å². The first kappa shape index (κ1) is 13.9. The van der Waals surface area contributed by atoms with Crippen molar-refractivity contribution in [3.05, 3.63) is 0 Å². The quantitative estimate of drug-likeness (QED) is 0.642. The number of nitrogens with one attached hydrogen (secondary N) is 1. The van der Waals surface area contributed by atoms with Gasteiger partial charge in [0, 0.05) is 19.0 Å². The Kier molecular flexibility index (Phi) is 6.70. The van der Waals surface area contributed by atoms with Gasteiger partial charge in [-0.3, -0.25) is 14.5 Å². The molecule has 0 heterocycles. The molecule has 5 heteroatoms. The van der Waals surface area contributed by atoms with Crippen molar-refractivity contribution in [1.82, 2.24) is 10.2 Å². The summed E-state index contributed by atoms with van der Waals surface area (Å²) < 4.78 is 0. The summed E-state index contributed by atoms with van der Waals surface area (Å²) in [6.07, 6.45) is 0.347. The van der Waals surface area contributed by atoms with Gasteiger partial charge in [-0.05, 0) is 20.4 Å². The summed E-state index contributed by atoms with van der Waals surface area (Å²) >= 11 is 0. The van der Waals surface area contributed by atoms with Crippen LogP contribution in [-0.4, -0.2) is 47.6 Å². The van der Waals surface area contributed by atoms with Gasteiger partial charge in [-0.2, -0.15) is 0 Å². The van der Waals surface area contributed by atoms with E-state index in [4.69, 9.17) is 5.11 Å². The maximum absolute atomic E-state index is 11.3. The minimum Gasteiger partial charge on any atom is -0.480 e. The number of carbonyl (C=O) groups is 2. The third kappa shape index (κ3) is 7.93. The maximum Gasteiger partial charge on any atom is 0.317 e. The Morgan fingerprint density at radius 3 is 2.40 bits per heavy atom. The summed E-state index contributed by atoms with van der Waals surface area (Å²) in [6, 6.07) is 0.132. The van der Waals surface area contributed by atoms with Crippen LogP contribution < -0.4 is 5.32 Å². The standard InChI is InChI=1S/C10H20N2O3/c1-4-12(7-10(14)15)6-5-9(13)11-8(2)3/h8H,4-7H2,1-3H3,(H,11,13)(H,14,15). The van der Waals surface area contributed by atoms with Gasteiger partial charge in [0.1, 0.15) is 0 Å². The van der Waals surface area contributed by atoms with Gasteiger partial charge in [-0.1, -0.05) is 6.92 Å². The molecule has 0 aliphatic rings. The van der Waals surface area contributed by atoms with E-state index in [2.05, 4.69) is 5.32 Å². The molecule has 88 valence electrons. The number of carboxylic acids is 1. The molecule has 0 saturated heterocycles. The van der Waals surface area contributed by atoms with Crippen molar-refractivity contribution >= 4 is 11.9 Å². The number of rotatable bonds is 7. The highest BCUT2D eigenvalue weighted by Gasteiger charge is 2.10. The molecule has 0 aromatic carbocycles. The summed E-state index contributed by atoms with van der Waals surface area (Å²) in [5, 5.41) is 11.3. The van der Waals surface area contributed by atoms with E-state index in [0.29, 0.717) is 19.5 Å². The van der Waals surface area contributed by atoms with Crippen LogP contribution in [-0.2, 0) is 9.59 Å². The SMILES string of the molecule is CCN(CCC(=O)NC(C)C)CC(=O)O. The van der Waals surface area contributed by atoms with E-state index in [1.54, 1.807) is 4.90 Å². The van der Waals surface area contributed by atoms with Gasteiger partial charge < -0.3 is 10.4 Å². The van der Waals surface area contributed by atoms with Crippen molar-refractivity contribution in [3.8, 4) is 0 Å². The van der Waals surface area contributed by atoms with Crippen molar-refractivity contribution in [2.75, 3.05) is 19.6 Å². The zero-order valence-electron chi connectivity index (χ0n) is 9.62. The van der Waals surface area contributed by atoms with Crippen LogP contribution >= 0.6 is 0 Å². The lowest BCUT2D eigenvalue weighted by atomic mass is 10.3. The summed E-state index contributed by atoms with van der Waals surface area (Å²) in [5.41, 5.74) is 0.